The number of aliphatic hydroxyl groups excluding tert-OH is 1. The topological polar surface area (TPSA) is 64.3 Å². The Balaban J connectivity index is 2.38. The molecule has 5 heteroatoms. The fourth-order valence-electron chi connectivity index (χ4n) is 1.83. The third-order valence-electron chi connectivity index (χ3n) is 2.88. The number of rotatable bonds is 4. The van der Waals surface area contributed by atoms with Crippen LogP contribution in [-0.4, -0.2) is 28.6 Å². The highest BCUT2D eigenvalue weighted by molar-refractivity contribution is 5.45. The van der Waals surface area contributed by atoms with E-state index >= 15 is 0 Å². The number of ether oxygens (including phenoxy) is 1. The highest BCUT2D eigenvalue weighted by Crippen LogP contribution is 2.17. The van der Waals surface area contributed by atoms with E-state index in [-0.39, 0.29) is 12.2 Å². The lowest BCUT2D eigenvalue weighted by atomic mass is 10.1. The van der Waals surface area contributed by atoms with Gasteiger partial charge in [0.1, 0.15) is 5.75 Å². The van der Waals surface area contributed by atoms with Crippen LogP contribution in [0.15, 0.2) is 41.3 Å². The average Bonchev–Trinajstić information content (AvgIpc) is 2.51. The van der Waals surface area contributed by atoms with E-state index in [2.05, 4.69) is 16.9 Å². The molecule has 0 aliphatic carbocycles. The maximum atomic E-state index is 11.7. The Morgan fingerprint density at radius 3 is 2.95 bits per heavy atom. The predicted octanol–water partition coefficient (Wildman–Crippen LogP) is 1.03. The molecule has 21 heavy (non-hydrogen) atoms. The highest BCUT2D eigenvalue weighted by atomic mass is 16.5. The third kappa shape index (κ3) is 3.94. The fourth-order valence-corrected chi connectivity index (χ4v) is 1.83. The number of aliphatic hydroxyl groups is 1. The lowest BCUT2D eigenvalue weighted by molar-refractivity contribution is 0.305. The second kappa shape index (κ2) is 7.27. The maximum absolute atomic E-state index is 11.7. The van der Waals surface area contributed by atoms with E-state index in [1.807, 2.05) is 18.2 Å². The number of aromatic nitrogens is 2. The van der Waals surface area contributed by atoms with Crippen molar-refractivity contribution in [2.24, 2.45) is 0 Å². The number of nitrogens with zero attached hydrogens (tertiary/aromatic N) is 2. The first-order valence-electron chi connectivity index (χ1n) is 6.53. The van der Waals surface area contributed by atoms with Crippen molar-refractivity contribution in [2.75, 3.05) is 13.7 Å². The van der Waals surface area contributed by atoms with Crippen LogP contribution in [0.5, 0.6) is 5.75 Å². The highest BCUT2D eigenvalue weighted by Gasteiger charge is 2.05. The van der Waals surface area contributed by atoms with Gasteiger partial charge in [0.15, 0.2) is 0 Å². The van der Waals surface area contributed by atoms with E-state index < -0.39 is 0 Å². The summed E-state index contributed by atoms with van der Waals surface area (Å²) in [6.45, 7) is 0.345. The van der Waals surface area contributed by atoms with Crippen molar-refractivity contribution < 1.29 is 9.84 Å². The van der Waals surface area contributed by atoms with Crippen molar-refractivity contribution in [3.8, 4) is 17.6 Å². The Kier molecular flexibility index (Phi) is 5.13. The van der Waals surface area contributed by atoms with Gasteiger partial charge in [-0.15, -0.1) is 0 Å². The van der Waals surface area contributed by atoms with E-state index in [0.717, 1.165) is 11.1 Å². The van der Waals surface area contributed by atoms with Gasteiger partial charge in [-0.2, -0.15) is 5.10 Å². The van der Waals surface area contributed by atoms with Gasteiger partial charge in [0.2, 0.25) is 0 Å². The normalized spacial score (nSPS) is 9.81. The Hall–Kier alpha value is -2.58. The molecule has 2 rings (SSSR count). The zero-order chi connectivity index (χ0) is 15.1. The first-order valence-corrected chi connectivity index (χ1v) is 6.53. The van der Waals surface area contributed by atoms with Gasteiger partial charge < -0.3 is 9.84 Å². The number of benzene rings is 1. The van der Waals surface area contributed by atoms with Crippen LogP contribution in [-0.2, 0) is 6.54 Å². The average molecular weight is 284 g/mol. The molecule has 0 saturated heterocycles. The van der Waals surface area contributed by atoms with Crippen molar-refractivity contribution in [3.63, 3.8) is 0 Å². The van der Waals surface area contributed by atoms with Crippen molar-refractivity contribution in [3.05, 3.63) is 58.0 Å². The largest absolute Gasteiger partial charge is 0.497 e. The summed E-state index contributed by atoms with van der Waals surface area (Å²) < 4.78 is 6.57. The molecule has 0 amide bonds. The lowest BCUT2D eigenvalue weighted by Gasteiger charge is -2.08. The first kappa shape index (κ1) is 14.8. The van der Waals surface area contributed by atoms with E-state index in [9.17, 15) is 4.79 Å². The van der Waals surface area contributed by atoms with Crippen LogP contribution in [0.4, 0.5) is 0 Å². The van der Waals surface area contributed by atoms with Crippen molar-refractivity contribution in [2.45, 2.75) is 13.0 Å². The molecule has 0 radical (unpaired) electrons. The summed E-state index contributed by atoms with van der Waals surface area (Å²) in [5.41, 5.74) is 1.47. The van der Waals surface area contributed by atoms with Gasteiger partial charge in [0.25, 0.3) is 5.56 Å². The van der Waals surface area contributed by atoms with Crippen LogP contribution >= 0.6 is 0 Å². The molecule has 0 unspecified atom stereocenters. The lowest BCUT2D eigenvalue weighted by Crippen LogP contribution is -2.22. The van der Waals surface area contributed by atoms with E-state index in [4.69, 9.17) is 9.84 Å². The molecule has 0 aliphatic rings. The smallest absolute Gasteiger partial charge is 0.267 e. The van der Waals surface area contributed by atoms with Crippen LogP contribution in [0, 0.1) is 11.8 Å². The number of hydrogen-bond acceptors (Lipinski definition) is 4. The molecular weight excluding hydrogens is 268 g/mol. The first-order chi connectivity index (χ1) is 10.2. The zero-order valence-corrected chi connectivity index (χ0v) is 11.7. The molecule has 0 saturated carbocycles. The van der Waals surface area contributed by atoms with Gasteiger partial charge in [0.05, 0.1) is 20.3 Å². The molecule has 2 aromatic rings. The minimum atomic E-state index is -0.172. The third-order valence-corrected chi connectivity index (χ3v) is 2.88. The van der Waals surface area contributed by atoms with Gasteiger partial charge in [-0.1, -0.05) is 11.8 Å². The molecule has 1 heterocycles. The predicted molar refractivity (Wildman–Crippen MR) is 79.2 cm³/mol. The summed E-state index contributed by atoms with van der Waals surface area (Å²) >= 11 is 0. The van der Waals surface area contributed by atoms with Crippen LogP contribution in [0.1, 0.15) is 17.5 Å². The molecule has 1 aromatic heterocycles. The molecule has 0 aliphatic heterocycles. The molecule has 0 bridgehead atoms. The molecule has 0 atom stereocenters. The van der Waals surface area contributed by atoms with Crippen LogP contribution < -0.4 is 10.3 Å². The van der Waals surface area contributed by atoms with Gasteiger partial charge in [-0.25, -0.2) is 4.68 Å². The van der Waals surface area contributed by atoms with E-state index in [0.29, 0.717) is 18.7 Å². The van der Waals surface area contributed by atoms with Crippen LogP contribution in [0.3, 0.4) is 0 Å². The second-order valence-electron chi connectivity index (χ2n) is 4.32. The van der Waals surface area contributed by atoms with Gasteiger partial charge in [-0.05, 0) is 29.8 Å². The molecule has 0 spiro atoms. The van der Waals surface area contributed by atoms with Gasteiger partial charge in [0, 0.05) is 24.2 Å². The van der Waals surface area contributed by atoms with Gasteiger partial charge >= 0.3 is 0 Å². The molecule has 0 fully saturated rings. The SMILES string of the molecule is COc1ccc(C#CCCO)c(Cn2ncccc2=O)c1. The number of hydrogen-bond donors (Lipinski definition) is 1. The summed E-state index contributed by atoms with van der Waals surface area (Å²) in [5, 5.41) is 12.8. The van der Waals surface area contributed by atoms with Gasteiger partial charge in [-0.3, -0.25) is 4.79 Å². The fraction of sp³-hybridized carbons (Fsp3) is 0.250. The van der Waals surface area contributed by atoms with Crippen molar-refractivity contribution in [1.82, 2.24) is 9.78 Å². The van der Waals surface area contributed by atoms with E-state index in [1.165, 1.54) is 10.7 Å². The Morgan fingerprint density at radius 2 is 2.24 bits per heavy atom. The monoisotopic (exact) mass is 284 g/mol. The molecule has 5 nitrogen and oxygen atoms in total. The molecule has 1 N–H and O–H groups in total. The van der Waals surface area contributed by atoms with Crippen LogP contribution in [0.25, 0.3) is 0 Å². The zero-order valence-electron chi connectivity index (χ0n) is 11.7. The Morgan fingerprint density at radius 1 is 1.38 bits per heavy atom. The molecular formula is C16H16N2O3. The standard InChI is InChI=1S/C16H16N2O3/c1-21-15-8-7-13(5-2-3-10-19)14(11-15)12-18-16(20)6-4-9-17-18/h4,6-9,11,19H,3,10,12H2,1H3. The number of methoxy groups -OCH3 is 1. The van der Waals surface area contributed by atoms with Crippen molar-refractivity contribution in [1.29, 1.82) is 0 Å². The minimum Gasteiger partial charge on any atom is -0.497 e. The Bertz CT molecular complexity index is 726. The van der Waals surface area contributed by atoms with E-state index in [1.54, 1.807) is 19.4 Å². The summed E-state index contributed by atoms with van der Waals surface area (Å²) in [6, 6.07) is 8.56. The molecule has 1 aromatic carbocycles. The maximum Gasteiger partial charge on any atom is 0.267 e. The Labute approximate surface area is 122 Å². The second-order valence-corrected chi connectivity index (χ2v) is 4.32. The minimum absolute atomic E-state index is 0.0260. The summed E-state index contributed by atoms with van der Waals surface area (Å²) in [7, 11) is 1.59. The summed E-state index contributed by atoms with van der Waals surface area (Å²) in [5.74, 6) is 6.57. The van der Waals surface area contributed by atoms with Crippen molar-refractivity contribution >= 4 is 0 Å². The van der Waals surface area contributed by atoms with Crippen LogP contribution in [0.2, 0.25) is 0 Å². The summed E-state index contributed by atoms with van der Waals surface area (Å²) in [6.07, 6.45) is 1.98. The molecule has 108 valence electrons. The quantitative estimate of drug-likeness (QED) is 0.852. The summed E-state index contributed by atoms with van der Waals surface area (Å²) in [4.78, 5) is 11.7.